The molecule has 2 unspecified atom stereocenters. The number of carbonyl (C=O) groups is 1. The van der Waals surface area contributed by atoms with E-state index in [9.17, 15) is 18.0 Å². The minimum absolute atomic E-state index is 0.00812. The van der Waals surface area contributed by atoms with Crippen LogP contribution < -0.4 is 20.1 Å². The van der Waals surface area contributed by atoms with Gasteiger partial charge in [0, 0.05) is 31.8 Å². The number of halogens is 3. The monoisotopic (exact) mass is 478 g/mol. The SMILES string of the molecule is COc1ccc(C2CC(C(F)(F)F)n3ncc(C(=O)NCc4cn(C)nc4C)c3N2)cc1OC. The molecule has 3 aromatic rings. The number of carbonyl (C=O) groups excluding carboxylic acids is 1. The number of hydrogen-bond acceptors (Lipinski definition) is 6. The number of nitrogens with zero attached hydrogens (tertiary/aromatic N) is 4. The number of hydrogen-bond donors (Lipinski definition) is 2. The van der Waals surface area contributed by atoms with Gasteiger partial charge in [0.05, 0.1) is 32.2 Å². The molecule has 0 bridgehead atoms. The Labute approximate surface area is 193 Å². The third-order valence-electron chi connectivity index (χ3n) is 5.85. The second kappa shape index (κ2) is 8.92. The van der Waals surface area contributed by atoms with E-state index in [1.807, 2.05) is 6.92 Å². The molecule has 0 spiro atoms. The number of rotatable bonds is 6. The summed E-state index contributed by atoms with van der Waals surface area (Å²) in [5, 5.41) is 13.9. The fraction of sp³-hybridized carbons (Fsp3) is 0.409. The molecule has 4 rings (SSSR count). The zero-order valence-electron chi connectivity index (χ0n) is 19.1. The maximum absolute atomic E-state index is 14.0. The number of benzene rings is 1. The topological polar surface area (TPSA) is 95.2 Å². The average Bonchev–Trinajstić information content (AvgIpc) is 3.37. The first-order chi connectivity index (χ1) is 16.1. The van der Waals surface area contributed by atoms with Crippen LogP contribution in [0, 0.1) is 6.92 Å². The van der Waals surface area contributed by atoms with Crippen LogP contribution >= 0.6 is 0 Å². The maximum Gasteiger partial charge on any atom is 0.410 e. The maximum atomic E-state index is 14.0. The minimum Gasteiger partial charge on any atom is -0.493 e. The highest BCUT2D eigenvalue weighted by molar-refractivity contribution is 5.98. The molecule has 1 aliphatic rings. The van der Waals surface area contributed by atoms with Crippen molar-refractivity contribution in [3.63, 3.8) is 0 Å². The van der Waals surface area contributed by atoms with E-state index in [0.717, 1.165) is 22.1 Å². The molecule has 2 aromatic heterocycles. The molecule has 0 saturated heterocycles. The van der Waals surface area contributed by atoms with Crippen LogP contribution in [0.25, 0.3) is 0 Å². The molecule has 9 nitrogen and oxygen atoms in total. The molecule has 2 atom stereocenters. The number of ether oxygens (including phenoxy) is 2. The summed E-state index contributed by atoms with van der Waals surface area (Å²) in [4.78, 5) is 12.9. The second-order valence-corrected chi connectivity index (χ2v) is 8.05. The highest BCUT2D eigenvalue weighted by atomic mass is 19.4. The normalized spacial score (nSPS) is 17.6. The van der Waals surface area contributed by atoms with Crippen molar-refractivity contribution in [1.82, 2.24) is 24.9 Å². The first kappa shape index (κ1) is 23.5. The van der Waals surface area contributed by atoms with Crippen LogP contribution in [0.5, 0.6) is 11.5 Å². The quantitative estimate of drug-likeness (QED) is 0.563. The Morgan fingerprint density at radius 2 is 2.00 bits per heavy atom. The van der Waals surface area contributed by atoms with Crippen molar-refractivity contribution in [2.45, 2.75) is 38.1 Å². The number of nitrogens with one attached hydrogen (secondary N) is 2. The Balaban J connectivity index is 1.64. The van der Waals surface area contributed by atoms with Crippen molar-refractivity contribution < 1.29 is 27.4 Å². The Morgan fingerprint density at radius 3 is 2.62 bits per heavy atom. The summed E-state index contributed by atoms with van der Waals surface area (Å²) in [6, 6.07) is 2.30. The van der Waals surface area contributed by atoms with Crippen LogP contribution in [0.4, 0.5) is 19.0 Å². The predicted octanol–water partition coefficient (Wildman–Crippen LogP) is 3.53. The van der Waals surface area contributed by atoms with Gasteiger partial charge in [-0.05, 0) is 24.6 Å². The van der Waals surface area contributed by atoms with E-state index < -0.39 is 24.2 Å². The van der Waals surface area contributed by atoms with Gasteiger partial charge in [-0.1, -0.05) is 6.07 Å². The summed E-state index contributed by atoms with van der Waals surface area (Å²) < 4.78 is 54.9. The molecule has 0 aliphatic carbocycles. The third kappa shape index (κ3) is 4.39. The molecule has 0 saturated carbocycles. The Morgan fingerprint density at radius 1 is 1.26 bits per heavy atom. The summed E-state index contributed by atoms with van der Waals surface area (Å²) in [7, 11) is 4.70. The van der Waals surface area contributed by atoms with Gasteiger partial charge in [0.1, 0.15) is 11.4 Å². The van der Waals surface area contributed by atoms with Crippen molar-refractivity contribution >= 4 is 11.7 Å². The van der Waals surface area contributed by atoms with Gasteiger partial charge < -0.3 is 20.1 Å². The molecule has 1 aromatic carbocycles. The zero-order valence-corrected chi connectivity index (χ0v) is 19.1. The molecule has 0 fully saturated rings. The van der Waals surface area contributed by atoms with E-state index in [1.165, 1.54) is 14.2 Å². The standard InChI is InChI=1S/C22H25F3N6O3/c1-12-14(11-30(2)29-12)9-26-21(32)15-10-27-31-19(22(23,24)25)8-16(28-20(15)31)13-5-6-17(33-3)18(7-13)34-4/h5-7,10-11,16,19,28H,8-9H2,1-4H3,(H,26,32). The van der Waals surface area contributed by atoms with Crippen molar-refractivity contribution in [1.29, 1.82) is 0 Å². The summed E-state index contributed by atoms with van der Waals surface area (Å²) in [6.45, 7) is 2.00. The second-order valence-electron chi connectivity index (χ2n) is 8.05. The molecule has 1 amide bonds. The van der Waals surface area contributed by atoms with Gasteiger partial charge in [0.15, 0.2) is 17.5 Å². The number of aromatic nitrogens is 4. The van der Waals surface area contributed by atoms with Crippen molar-refractivity contribution in [2.24, 2.45) is 7.05 Å². The Bertz CT molecular complexity index is 1200. The molecular weight excluding hydrogens is 453 g/mol. The number of anilines is 1. The highest BCUT2D eigenvalue weighted by Gasteiger charge is 2.47. The van der Waals surface area contributed by atoms with Crippen LogP contribution in [-0.2, 0) is 13.6 Å². The van der Waals surface area contributed by atoms with Crippen LogP contribution in [0.2, 0.25) is 0 Å². The van der Waals surface area contributed by atoms with Gasteiger partial charge in [-0.15, -0.1) is 0 Å². The van der Waals surface area contributed by atoms with Crippen molar-refractivity contribution in [2.75, 3.05) is 19.5 Å². The third-order valence-corrected chi connectivity index (χ3v) is 5.85. The smallest absolute Gasteiger partial charge is 0.410 e. The van der Waals surface area contributed by atoms with Crippen molar-refractivity contribution in [3.8, 4) is 11.5 Å². The molecule has 1 aliphatic heterocycles. The van der Waals surface area contributed by atoms with Crippen LogP contribution in [0.15, 0.2) is 30.6 Å². The highest BCUT2D eigenvalue weighted by Crippen LogP contribution is 2.45. The lowest BCUT2D eigenvalue weighted by Gasteiger charge is -2.34. The fourth-order valence-corrected chi connectivity index (χ4v) is 4.11. The number of methoxy groups -OCH3 is 2. The Hall–Kier alpha value is -3.70. The van der Waals surface area contributed by atoms with E-state index in [-0.39, 0.29) is 24.3 Å². The van der Waals surface area contributed by atoms with Gasteiger partial charge >= 0.3 is 6.18 Å². The summed E-state index contributed by atoms with van der Waals surface area (Å²) in [6.07, 6.45) is -1.93. The van der Waals surface area contributed by atoms with Crippen LogP contribution in [0.3, 0.4) is 0 Å². The molecule has 34 heavy (non-hydrogen) atoms. The van der Waals surface area contributed by atoms with Gasteiger partial charge in [-0.3, -0.25) is 9.48 Å². The van der Waals surface area contributed by atoms with E-state index in [1.54, 1.807) is 36.1 Å². The molecule has 3 heterocycles. The number of aryl methyl sites for hydroxylation is 2. The number of alkyl halides is 3. The molecule has 12 heteroatoms. The van der Waals surface area contributed by atoms with E-state index in [0.29, 0.717) is 17.1 Å². The van der Waals surface area contributed by atoms with Gasteiger partial charge in [-0.2, -0.15) is 23.4 Å². The van der Waals surface area contributed by atoms with Gasteiger partial charge in [-0.25, -0.2) is 4.68 Å². The van der Waals surface area contributed by atoms with Crippen LogP contribution in [-0.4, -0.2) is 45.9 Å². The van der Waals surface area contributed by atoms with Crippen molar-refractivity contribution in [3.05, 3.63) is 53.0 Å². The predicted molar refractivity (Wildman–Crippen MR) is 117 cm³/mol. The number of amides is 1. The summed E-state index contributed by atoms with van der Waals surface area (Å²) in [5.41, 5.74) is 2.16. The lowest BCUT2D eigenvalue weighted by molar-refractivity contribution is -0.173. The largest absolute Gasteiger partial charge is 0.493 e. The lowest BCUT2D eigenvalue weighted by atomic mass is 9.96. The average molecular weight is 478 g/mol. The molecule has 0 radical (unpaired) electrons. The summed E-state index contributed by atoms with van der Waals surface area (Å²) in [5.74, 6) is 0.333. The molecule has 182 valence electrons. The number of fused-ring (bicyclic) bond motifs is 1. The first-order valence-electron chi connectivity index (χ1n) is 10.5. The Kier molecular flexibility index (Phi) is 6.15. The van der Waals surface area contributed by atoms with E-state index in [2.05, 4.69) is 20.8 Å². The first-order valence-corrected chi connectivity index (χ1v) is 10.5. The van der Waals surface area contributed by atoms with Gasteiger partial charge in [0.25, 0.3) is 5.91 Å². The zero-order chi connectivity index (χ0) is 24.6. The molecular formula is C22H25F3N6O3. The van der Waals surface area contributed by atoms with E-state index >= 15 is 0 Å². The summed E-state index contributed by atoms with van der Waals surface area (Å²) >= 11 is 0. The van der Waals surface area contributed by atoms with E-state index in [4.69, 9.17) is 9.47 Å². The van der Waals surface area contributed by atoms with Gasteiger partial charge in [0.2, 0.25) is 0 Å². The lowest BCUT2D eigenvalue weighted by Crippen LogP contribution is -2.36. The van der Waals surface area contributed by atoms with Crippen LogP contribution in [0.1, 0.15) is 45.7 Å². The fourth-order valence-electron chi connectivity index (χ4n) is 4.11. The molecule has 2 N–H and O–H groups in total. The minimum atomic E-state index is -4.56.